The first-order chi connectivity index (χ1) is 11.6. The summed E-state index contributed by atoms with van der Waals surface area (Å²) in [6.45, 7) is 4.78. The molecule has 1 unspecified atom stereocenters. The maximum atomic E-state index is 10.4. The summed E-state index contributed by atoms with van der Waals surface area (Å²) in [6.07, 6.45) is 9.79. The fraction of sp³-hybridized carbons (Fsp3) is 0.368. The van der Waals surface area contributed by atoms with Crippen LogP contribution in [0.15, 0.2) is 30.9 Å². The smallest absolute Gasteiger partial charge is 0.125 e. The van der Waals surface area contributed by atoms with E-state index in [4.69, 9.17) is 0 Å². The number of aromatic amines is 1. The second-order valence-corrected chi connectivity index (χ2v) is 6.57. The van der Waals surface area contributed by atoms with E-state index in [1.165, 1.54) is 0 Å². The molecule has 3 aromatic heterocycles. The number of aliphatic hydroxyl groups is 1. The third-order valence-corrected chi connectivity index (χ3v) is 4.73. The van der Waals surface area contributed by atoms with Crippen LogP contribution in [0.25, 0.3) is 22.0 Å². The van der Waals surface area contributed by atoms with Gasteiger partial charge in [-0.1, -0.05) is 5.92 Å². The third kappa shape index (κ3) is 2.59. The summed E-state index contributed by atoms with van der Waals surface area (Å²) in [4.78, 5) is 4.46. The topological polar surface area (TPSA) is 66.7 Å². The molecule has 0 radical (unpaired) electrons. The molecule has 0 aliphatic heterocycles. The first-order valence-corrected chi connectivity index (χ1v) is 8.32. The van der Waals surface area contributed by atoms with E-state index >= 15 is 0 Å². The van der Waals surface area contributed by atoms with Crippen LogP contribution in [0.2, 0.25) is 0 Å². The van der Waals surface area contributed by atoms with E-state index in [0.717, 1.165) is 41.4 Å². The van der Waals surface area contributed by atoms with Gasteiger partial charge in [0, 0.05) is 35.5 Å². The molecule has 0 spiro atoms. The van der Waals surface area contributed by atoms with Crippen LogP contribution in [0, 0.1) is 17.8 Å². The lowest BCUT2D eigenvalue weighted by molar-refractivity contribution is 0.0980. The van der Waals surface area contributed by atoms with Gasteiger partial charge in [-0.25, -0.2) is 4.98 Å². The summed E-state index contributed by atoms with van der Waals surface area (Å²) in [6, 6.07) is 2.00. The highest BCUT2D eigenvalue weighted by Crippen LogP contribution is 2.39. The average molecular weight is 320 g/mol. The minimum absolute atomic E-state index is 0.302. The predicted octanol–water partition coefficient (Wildman–Crippen LogP) is 2.96. The summed E-state index contributed by atoms with van der Waals surface area (Å²) in [5.41, 5.74) is 3.00. The molecule has 1 aliphatic rings. The number of pyridine rings is 1. The van der Waals surface area contributed by atoms with Gasteiger partial charge in [-0.3, -0.25) is 5.10 Å². The van der Waals surface area contributed by atoms with Crippen molar-refractivity contribution >= 4 is 10.9 Å². The summed E-state index contributed by atoms with van der Waals surface area (Å²) >= 11 is 0. The Hall–Kier alpha value is -2.58. The zero-order chi connectivity index (χ0) is 16.7. The van der Waals surface area contributed by atoms with Crippen LogP contribution >= 0.6 is 0 Å². The largest absolute Gasteiger partial charge is 0.378 e. The van der Waals surface area contributed by atoms with Crippen LogP contribution in [0.4, 0.5) is 0 Å². The molecule has 5 heteroatoms. The lowest BCUT2D eigenvalue weighted by atomic mass is 10.0. The van der Waals surface area contributed by atoms with Gasteiger partial charge < -0.3 is 9.67 Å². The van der Waals surface area contributed by atoms with Crippen molar-refractivity contribution in [2.45, 2.75) is 38.8 Å². The zero-order valence-corrected chi connectivity index (χ0v) is 13.9. The zero-order valence-electron chi connectivity index (χ0n) is 13.9. The van der Waals surface area contributed by atoms with Gasteiger partial charge in [0.25, 0.3) is 0 Å². The average Bonchev–Trinajstić information content (AvgIpc) is 3.20. The Morgan fingerprint density at radius 2 is 2.25 bits per heavy atom. The third-order valence-electron chi connectivity index (χ3n) is 4.73. The number of nitrogens with one attached hydrogen (secondary N) is 1. The van der Waals surface area contributed by atoms with Crippen LogP contribution in [-0.4, -0.2) is 30.5 Å². The summed E-state index contributed by atoms with van der Waals surface area (Å²) in [5.74, 6) is 6.35. The Balaban J connectivity index is 1.80. The van der Waals surface area contributed by atoms with E-state index in [2.05, 4.69) is 44.7 Å². The van der Waals surface area contributed by atoms with Crippen molar-refractivity contribution in [1.82, 2.24) is 19.7 Å². The molecular formula is C19H20N4O. The Morgan fingerprint density at radius 3 is 2.92 bits per heavy atom. The predicted molar refractivity (Wildman–Crippen MR) is 93.2 cm³/mol. The second-order valence-electron chi connectivity index (χ2n) is 6.57. The number of H-pyrrole nitrogens is 1. The molecule has 5 nitrogen and oxygen atoms in total. The molecule has 24 heavy (non-hydrogen) atoms. The van der Waals surface area contributed by atoms with Gasteiger partial charge in [0.15, 0.2) is 0 Å². The number of rotatable bonds is 3. The van der Waals surface area contributed by atoms with Gasteiger partial charge in [0.1, 0.15) is 11.3 Å². The highest BCUT2D eigenvalue weighted by molar-refractivity contribution is 5.96. The van der Waals surface area contributed by atoms with E-state index in [0.29, 0.717) is 11.6 Å². The summed E-state index contributed by atoms with van der Waals surface area (Å²) in [5, 5.41) is 18.4. The first-order valence-electron chi connectivity index (χ1n) is 8.32. The van der Waals surface area contributed by atoms with Gasteiger partial charge in [0.05, 0.1) is 17.9 Å². The first kappa shape index (κ1) is 15.0. The molecule has 1 fully saturated rings. The van der Waals surface area contributed by atoms with Crippen LogP contribution in [0.3, 0.4) is 0 Å². The van der Waals surface area contributed by atoms with Crippen molar-refractivity contribution in [3.8, 4) is 23.0 Å². The molecule has 4 rings (SSSR count). The number of hydrogen-bond donors (Lipinski definition) is 2. The number of aromatic nitrogens is 4. The van der Waals surface area contributed by atoms with Crippen molar-refractivity contribution in [2.75, 3.05) is 0 Å². The normalized spacial score (nSPS) is 16.6. The van der Waals surface area contributed by atoms with Gasteiger partial charge in [-0.15, -0.1) is 0 Å². The monoisotopic (exact) mass is 320 g/mol. The van der Waals surface area contributed by atoms with Gasteiger partial charge in [-0.05, 0) is 44.6 Å². The summed E-state index contributed by atoms with van der Waals surface area (Å²) < 4.78 is 2.17. The van der Waals surface area contributed by atoms with Gasteiger partial charge >= 0.3 is 0 Å². The maximum absolute atomic E-state index is 10.4. The standard InChI is InChI=1S/C19H20N4O/c1-3-23-12-17(13-9-21-22-10-13)16-8-15(20-11-18(16)23)6-7-19(2,24)14-4-5-14/h8-12,14,24H,3-5H2,1-2H3,(H,21,22). The number of nitrogens with zero attached hydrogens (tertiary/aromatic N) is 3. The van der Waals surface area contributed by atoms with E-state index in [9.17, 15) is 5.11 Å². The SMILES string of the molecule is CCn1cc(-c2cn[nH]c2)c2cc(C#CC(C)(O)C3CC3)ncc21. The van der Waals surface area contributed by atoms with Crippen molar-refractivity contribution in [1.29, 1.82) is 0 Å². The molecule has 3 heterocycles. The number of hydrogen-bond acceptors (Lipinski definition) is 3. The lowest BCUT2D eigenvalue weighted by Crippen LogP contribution is -2.24. The molecule has 0 aromatic carbocycles. The Kier molecular flexibility index (Phi) is 3.43. The van der Waals surface area contributed by atoms with E-state index in [1.54, 1.807) is 6.92 Å². The van der Waals surface area contributed by atoms with E-state index < -0.39 is 5.60 Å². The quantitative estimate of drug-likeness (QED) is 0.729. The molecule has 0 amide bonds. The van der Waals surface area contributed by atoms with Gasteiger partial charge in [-0.2, -0.15) is 5.10 Å². The Bertz CT molecular complexity index is 937. The molecule has 122 valence electrons. The van der Waals surface area contributed by atoms with Gasteiger partial charge in [0.2, 0.25) is 0 Å². The van der Waals surface area contributed by atoms with Crippen LogP contribution in [0.1, 0.15) is 32.4 Å². The van der Waals surface area contributed by atoms with Crippen LogP contribution in [-0.2, 0) is 6.54 Å². The van der Waals surface area contributed by atoms with Crippen molar-refractivity contribution < 1.29 is 5.11 Å². The highest BCUT2D eigenvalue weighted by atomic mass is 16.3. The molecule has 1 saturated carbocycles. The molecule has 3 aromatic rings. The molecule has 0 saturated heterocycles. The number of fused-ring (bicyclic) bond motifs is 1. The molecule has 1 atom stereocenters. The van der Waals surface area contributed by atoms with Crippen molar-refractivity contribution in [3.63, 3.8) is 0 Å². The molecule has 2 N–H and O–H groups in total. The lowest BCUT2D eigenvalue weighted by Gasteiger charge is -2.14. The summed E-state index contributed by atoms with van der Waals surface area (Å²) in [7, 11) is 0. The van der Waals surface area contributed by atoms with Crippen LogP contribution < -0.4 is 0 Å². The van der Waals surface area contributed by atoms with Crippen molar-refractivity contribution in [3.05, 3.63) is 36.5 Å². The fourth-order valence-corrected chi connectivity index (χ4v) is 3.08. The Labute approximate surface area is 140 Å². The minimum Gasteiger partial charge on any atom is -0.378 e. The van der Waals surface area contributed by atoms with E-state index in [-0.39, 0.29) is 0 Å². The molecular weight excluding hydrogens is 300 g/mol. The van der Waals surface area contributed by atoms with Crippen LogP contribution in [0.5, 0.6) is 0 Å². The minimum atomic E-state index is -0.917. The fourth-order valence-electron chi connectivity index (χ4n) is 3.08. The Morgan fingerprint density at radius 1 is 1.42 bits per heavy atom. The molecule has 1 aliphatic carbocycles. The highest BCUT2D eigenvalue weighted by Gasteiger charge is 2.38. The number of aryl methyl sites for hydroxylation is 1. The molecule has 0 bridgehead atoms. The van der Waals surface area contributed by atoms with Crippen molar-refractivity contribution in [2.24, 2.45) is 5.92 Å². The second kappa shape index (κ2) is 5.50. The maximum Gasteiger partial charge on any atom is 0.125 e. The van der Waals surface area contributed by atoms with E-state index in [1.807, 2.05) is 24.7 Å².